The van der Waals surface area contributed by atoms with Gasteiger partial charge in [0.2, 0.25) is 17.7 Å². The predicted octanol–water partition coefficient (Wildman–Crippen LogP) is 0.733. The molecular formula is C16H25N5O2. The van der Waals surface area contributed by atoms with Crippen molar-refractivity contribution in [3.05, 3.63) is 11.8 Å². The lowest BCUT2D eigenvalue weighted by Crippen LogP contribution is -2.60. The summed E-state index contributed by atoms with van der Waals surface area (Å²) in [6.45, 7) is 4.46. The van der Waals surface area contributed by atoms with Gasteiger partial charge in [-0.15, -0.1) is 10.2 Å². The lowest BCUT2D eigenvalue weighted by molar-refractivity contribution is -0.121. The summed E-state index contributed by atoms with van der Waals surface area (Å²) < 4.78 is 5.81. The molecule has 3 fully saturated rings. The molecule has 7 heteroatoms. The van der Waals surface area contributed by atoms with E-state index in [0.717, 1.165) is 57.3 Å². The lowest BCUT2D eigenvalue weighted by atomic mass is 9.86. The second-order valence-corrected chi connectivity index (χ2v) is 7.26. The van der Waals surface area contributed by atoms with Crippen LogP contribution < -0.4 is 5.32 Å². The molecule has 3 aliphatic rings. The Kier molecular flexibility index (Phi) is 3.85. The molecule has 1 aromatic rings. The number of nitrogens with one attached hydrogen (secondary N) is 1. The van der Waals surface area contributed by atoms with Gasteiger partial charge < -0.3 is 9.73 Å². The van der Waals surface area contributed by atoms with Gasteiger partial charge in [0.25, 0.3) is 0 Å². The largest absolute Gasteiger partial charge is 0.424 e. The molecule has 1 aliphatic carbocycles. The van der Waals surface area contributed by atoms with Gasteiger partial charge in [-0.05, 0) is 32.7 Å². The fraction of sp³-hybridized carbons (Fsp3) is 0.812. The molecule has 23 heavy (non-hydrogen) atoms. The lowest BCUT2D eigenvalue weighted by Gasteiger charge is -2.49. The highest BCUT2D eigenvalue weighted by atomic mass is 16.4. The van der Waals surface area contributed by atoms with Crippen molar-refractivity contribution in [1.82, 2.24) is 25.3 Å². The Morgan fingerprint density at radius 3 is 3.00 bits per heavy atom. The van der Waals surface area contributed by atoms with Crippen LogP contribution in [0.3, 0.4) is 0 Å². The third-order valence-electron chi connectivity index (χ3n) is 5.58. The summed E-state index contributed by atoms with van der Waals surface area (Å²) in [7, 11) is 2.19. The molecule has 1 atom stereocenters. The smallest absolute Gasteiger partial charge is 0.230 e. The topological polar surface area (TPSA) is 74.5 Å². The number of piperazine rings is 1. The summed E-state index contributed by atoms with van der Waals surface area (Å²) in [5, 5.41) is 11.4. The molecular weight excluding hydrogens is 294 g/mol. The molecule has 0 unspecified atom stereocenters. The maximum absolute atomic E-state index is 11.7. The number of rotatable bonds is 3. The van der Waals surface area contributed by atoms with Crippen molar-refractivity contribution in [2.45, 2.75) is 50.1 Å². The average molecular weight is 319 g/mol. The number of carbonyl (C=O) groups is 1. The van der Waals surface area contributed by atoms with Gasteiger partial charge in [0.05, 0.1) is 6.54 Å². The Bertz CT molecular complexity index is 585. The van der Waals surface area contributed by atoms with Crippen molar-refractivity contribution >= 4 is 5.91 Å². The summed E-state index contributed by atoms with van der Waals surface area (Å²) in [4.78, 5) is 16.5. The first-order valence-corrected chi connectivity index (χ1v) is 8.67. The maximum atomic E-state index is 11.7. The van der Waals surface area contributed by atoms with E-state index < -0.39 is 0 Å². The quantitative estimate of drug-likeness (QED) is 0.885. The number of hydrogen-bond donors (Lipinski definition) is 1. The van der Waals surface area contributed by atoms with Crippen molar-refractivity contribution in [1.29, 1.82) is 0 Å². The number of aromatic nitrogens is 2. The third-order valence-corrected chi connectivity index (χ3v) is 5.58. The molecule has 2 aliphatic heterocycles. The summed E-state index contributed by atoms with van der Waals surface area (Å²) >= 11 is 0. The first kappa shape index (κ1) is 15.1. The van der Waals surface area contributed by atoms with Gasteiger partial charge in [0, 0.05) is 44.1 Å². The van der Waals surface area contributed by atoms with Gasteiger partial charge >= 0.3 is 0 Å². The Hall–Kier alpha value is -1.47. The standard InChI is InChI=1S/C16H25N5O2/c1-20-8-9-21(10-14-18-19-15(23-14)12-2-3-12)11-16(20)5-4-13(22)17-7-6-16/h12H,2-11H2,1H3,(H,17,22)/t16-/m1/s1. The zero-order chi connectivity index (χ0) is 15.9. The second-order valence-electron chi connectivity index (χ2n) is 7.26. The first-order chi connectivity index (χ1) is 11.1. The number of amides is 1. The van der Waals surface area contributed by atoms with Crippen molar-refractivity contribution in [2.24, 2.45) is 0 Å². The van der Waals surface area contributed by atoms with E-state index in [1.807, 2.05) is 0 Å². The van der Waals surface area contributed by atoms with Gasteiger partial charge in [0.1, 0.15) is 0 Å². The SMILES string of the molecule is CN1CCN(Cc2nnc(C3CC3)o2)C[C@@]12CCNC(=O)CC2. The van der Waals surface area contributed by atoms with Crippen LogP contribution in [0, 0.1) is 0 Å². The van der Waals surface area contributed by atoms with Gasteiger partial charge in [-0.25, -0.2) is 0 Å². The van der Waals surface area contributed by atoms with Gasteiger partial charge in [-0.1, -0.05) is 0 Å². The maximum Gasteiger partial charge on any atom is 0.230 e. The highest BCUT2D eigenvalue weighted by Gasteiger charge is 2.41. The Balaban J connectivity index is 1.43. The average Bonchev–Trinajstić information content (AvgIpc) is 3.31. The van der Waals surface area contributed by atoms with Crippen LogP contribution in [-0.2, 0) is 11.3 Å². The zero-order valence-electron chi connectivity index (χ0n) is 13.8. The highest BCUT2D eigenvalue weighted by molar-refractivity contribution is 5.76. The van der Waals surface area contributed by atoms with Crippen LogP contribution in [-0.4, -0.2) is 64.7 Å². The summed E-state index contributed by atoms with van der Waals surface area (Å²) in [5.41, 5.74) is 0.0801. The van der Waals surface area contributed by atoms with Crippen molar-refractivity contribution in [3.8, 4) is 0 Å². The van der Waals surface area contributed by atoms with E-state index >= 15 is 0 Å². The molecule has 1 aromatic heterocycles. The Morgan fingerprint density at radius 2 is 2.17 bits per heavy atom. The molecule has 126 valence electrons. The highest BCUT2D eigenvalue weighted by Crippen LogP contribution is 2.39. The zero-order valence-corrected chi connectivity index (χ0v) is 13.8. The van der Waals surface area contributed by atoms with E-state index in [9.17, 15) is 4.79 Å². The van der Waals surface area contributed by atoms with Crippen LogP contribution >= 0.6 is 0 Å². The Morgan fingerprint density at radius 1 is 1.30 bits per heavy atom. The molecule has 0 aromatic carbocycles. The number of nitrogens with zero attached hydrogens (tertiary/aromatic N) is 4. The minimum absolute atomic E-state index is 0.0801. The minimum atomic E-state index is 0.0801. The summed E-state index contributed by atoms with van der Waals surface area (Å²) in [5.74, 6) is 2.23. The fourth-order valence-corrected chi connectivity index (χ4v) is 3.83. The number of hydrogen-bond acceptors (Lipinski definition) is 6. The van der Waals surface area contributed by atoms with Crippen LogP contribution in [0.25, 0.3) is 0 Å². The second kappa shape index (κ2) is 5.87. The van der Waals surface area contributed by atoms with E-state index in [4.69, 9.17) is 4.42 Å². The summed E-state index contributed by atoms with van der Waals surface area (Å²) in [6, 6.07) is 0. The van der Waals surface area contributed by atoms with Crippen LogP contribution in [0.15, 0.2) is 4.42 Å². The third kappa shape index (κ3) is 3.12. The fourth-order valence-electron chi connectivity index (χ4n) is 3.83. The normalized spacial score (nSPS) is 30.4. The van der Waals surface area contributed by atoms with Crippen molar-refractivity contribution in [3.63, 3.8) is 0 Å². The van der Waals surface area contributed by atoms with E-state index in [1.54, 1.807) is 0 Å². The van der Waals surface area contributed by atoms with E-state index in [-0.39, 0.29) is 11.4 Å². The van der Waals surface area contributed by atoms with Gasteiger partial charge in [-0.2, -0.15) is 0 Å². The van der Waals surface area contributed by atoms with Gasteiger partial charge in [0.15, 0.2) is 0 Å². The van der Waals surface area contributed by atoms with Crippen molar-refractivity contribution in [2.75, 3.05) is 33.2 Å². The predicted molar refractivity (Wildman–Crippen MR) is 83.8 cm³/mol. The van der Waals surface area contributed by atoms with Gasteiger partial charge in [-0.3, -0.25) is 14.6 Å². The molecule has 1 saturated carbocycles. The summed E-state index contributed by atoms with van der Waals surface area (Å²) in [6.07, 6.45) is 4.90. The molecule has 0 bridgehead atoms. The monoisotopic (exact) mass is 319 g/mol. The van der Waals surface area contributed by atoms with Crippen LogP contribution in [0.4, 0.5) is 0 Å². The molecule has 0 radical (unpaired) electrons. The van der Waals surface area contributed by atoms with Crippen LogP contribution in [0.2, 0.25) is 0 Å². The van der Waals surface area contributed by atoms with Crippen LogP contribution in [0.5, 0.6) is 0 Å². The minimum Gasteiger partial charge on any atom is -0.424 e. The number of likely N-dealkylation sites (N-methyl/N-ethyl adjacent to an activating group) is 1. The molecule has 2 saturated heterocycles. The Labute approximate surface area is 136 Å². The first-order valence-electron chi connectivity index (χ1n) is 8.67. The molecule has 3 heterocycles. The molecule has 7 nitrogen and oxygen atoms in total. The molecule has 4 rings (SSSR count). The molecule has 1 N–H and O–H groups in total. The molecule has 1 spiro atoms. The number of carbonyl (C=O) groups excluding carboxylic acids is 1. The molecule has 1 amide bonds. The van der Waals surface area contributed by atoms with Crippen LogP contribution in [0.1, 0.15) is 49.8 Å². The van der Waals surface area contributed by atoms with E-state index in [1.165, 1.54) is 12.8 Å². The van der Waals surface area contributed by atoms with Crippen molar-refractivity contribution < 1.29 is 9.21 Å². The van der Waals surface area contributed by atoms with E-state index in [2.05, 4.69) is 32.4 Å². The van der Waals surface area contributed by atoms with E-state index in [0.29, 0.717) is 12.3 Å².